The first-order valence-corrected chi connectivity index (χ1v) is 19.4. The van der Waals surface area contributed by atoms with E-state index >= 15 is 0 Å². The van der Waals surface area contributed by atoms with E-state index in [1.54, 1.807) is 0 Å². The molecule has 22 nitrogen and oxygen atoms in total. The van der Waals surface area contributed by atoms with Crippen LogP contribution in [0.25, 0.3) is 11.1 Å². The number of nitrogens with two attached hydrogens (primary N) is 1. The number of ether oxygens (including phenoxy) is 5. The molecular weight excluding hydrogens is 838 g/mol. The number of methoxy groups -OCH3 is 1. The van der Waals surface area contributed by atoms with E-state index in [1.807, 2.05) is 0 Å². The second-order valence-corrected chi connectivity index (χ2v) is 15.7. The first-order valence-electron chi connectivity index (χ1n) is 19.4. The van der Waals surface area contributed by atoms with Crippen molar-refractivity contribution in [1.82, 2.24) is 10.2 Å². The number of carboxylic acids is 1. The van der Waals surface area contributed by atoms with Gasteiger partial charge in [0, 0.05) is 35.4 Å². The summed E-state index contributed by atoms with van der Waals surface area (Å²) in [5.41, 5.74) is 1.76. The maximum absolute atomic E-state index is 14.1. The third kappa shape index (κ3) is 7.37. The molecule has 12 N–H and O–H groups in total. The van der Waals surface area contributed by atoms with Gasteiger partial charge in [-0.3, -0.25) is 19.2 Å². The van der Waals surface area contributed by atoms with Gasteiger partial charge in [0.05, 0.1) is 42.6 Å². The number of rotatable bonds is 9. The largest absolute Gasteiger partial charge is 0.507 e. The van der Waals surface area contributed by atoms with Crippen LogP contribution in [-0.4, -0.2) is 162 Å². The monoisotopic (exact) mass is 883 g/mol. The number of carbonyl (C=O) groups is 5. The number of urea groups is 1. The lowest BCUT2D eigenvalue weighted by Crippen LogP contribution is -2.67. The second kappa shape index (κ2) is 16.6. The van der Waals surface area contributed by atoms with Gasteiger partial charge in [0.2, 0.25) is 0 Å². The number of likely N-dealkylation sites (N-methyl/N-ethyl adjacent to an activating group) is 1. The van der Waals surface area contributed by atoms with E-state index in [0.717, 1.165) is 24.0 Å². The Morgan fingerprint density at radius 3 is 2.13 bits per heavy atom. The molecule has 7 rings (SSSR count). The zero-order valence-electron chi connectivity index (χ0n) is 34.1. The molecule has 3 amide bonds. The number of benzene rings is 3. The summed E-state index contributed by atoms with van der Waals surface area (Å²) in [5.74, 6) is -6.90. The minimum absolute atomic E-state index is 0.00562. The maximum atomic E-state index is 14.1. The molecule has 4 aliphatic rings. The maximum Gasteiger partial charge on any atom is 0.325 e. The van der Waals surface area contributed by atoms with Gasteiger partial charge in [-0.1, -0.05) is 6.07 Å². The van der Waals surface area contributed by atoms with Crippen molar-refractivity contribution in [2.75, 3.05) is 20.8 Å². The smallest absolute Gasteiger partial charge is 0.325 e. The van der Waals surface area contributed by atoms with Gasteiger partial charge in [0.15, 0.2) is 24.1 Å². The third-order valence-electron chi connectivity index (χ3n) is 11.8. The average molecular weight is 884 g/mol. The van der Waals surface area contributed by atoms with E-state index in [2.05, 4.69) is 5.32 Å². The summed E-state index contributed by atoms with van der Waals surface area (Å²) >= 11 is 0. The number of aliphatic carboxylic acids is 1. The molecule has 63 heavy (non-hydrogen) atoms. The van der Waals surface area contributed by atoms with Crippen molar-refractivity contribution in [3.05, 3.63) is 68.8 Å². The van der Waals surface area contributed by atoms with Crippen LogP contribution in [0.4, 0.5) is 4.79 Å². The van der Waals surface area contributed by atoms with Gasteiger partial charge in [-0.05, 0) is 49.6 Å². The number of hydrogen-bond acceptors (Lipinski definition) is 18. The summed E-state index contributed by atoms with van der Waals surface area (Å²) in [6.07, 6.45) is -17.1. The predicted octanol–water partition coefficient (Wildman–Crippen LogP) is -0.821. The van der Waals surface area contributed by atoms with Crippen molar-refractivity contribution >= 4 is 29.5 Å². The van der Waals surface area contributed by atoms with Crippen LogP contribution in [0.2, 0.25) is 0 Å². The molecule has 0 unspecified atom stereocenters. The lowest BCUT2D eigenvalue weighted by Gasteiger charge is -2.49. The molecule has 2 aliphatic carbocycles. The van der Waals surface area contributed by atoms with E-state index in [9.17, 15) is 69.9 Å². The molecule has 2 saturated heterocycles. The number of amides is 3. The number of aliphatic hydroxyl groups is 5. The molecular formula is C41H45N3O19. The number of primary amides is 1. The van der Waals surface area contributed by atoms with Crippen LogP contribution >= 0.6 is 0 Å². The molecule has 2 fully saturated rings. The quantitative estimate of drug-likeness (QED) is 0.0978. The van der Waals surface area contributed by atoms with Crippen LogP contribution in [-0.2, 0) is 23.7 Å². The molecule has 22 heteroatoms. The number of phenolic OH excluding ortho intramolecular Hbond substituents is 3. The summed E-state index contributed by atoms with van der Waals surface area (Å²) in [4.78, 5) is 66.8. The van der Waals surface area contributed by atoms with E-state index in [4.69, 9.17) is 29.4 Å². The minimum atomic E-state index is -1.98. The van der Waals surface area contributed by atoms with Crippen molar-refractivity contribution in [3.8, 4) is 34.1 Å². The van der Waals surface area contributed by atoms with Crippen molar-refractivity contribution in [2.24, 2.45) is 5.73 Å². The normalized spacial score (nSPS) is 29.1. The molecule has 3 aromatic rings. The molecule has 0 radical (unpaired) electrons. The summed E-state index contributed by atoms with van der Waals surface area (Å²) in [6, 6.07) is 0.842. The fourth-order valence-corrected chi connectivity index (χ4v) is 8.56. The minimum Gasteiger partial charge on any atom is -0.507 e. The van der Waals surface area contributed by atoms with Crippen LogP contribution in [0.1, 0.15) is 84.9 Å². The van der Waals surface area contributed by atoms with E-state index in [1.165, 1.54) is 40.1 Å². The number of aryl methyl sites for hydroxylation is 1. The van der Waals surface area contributed by atoms with E-state index in [0.29, 0.717) is 0 Å². The number of phenols is 3. The summed E-state index contributed by atoms with van der Waals surface area (Å²) in [7, 11) is 2.51. The van der Waals surface area contributed by atoms with Crippen LogP contribution in [0.3, 0.4) is 0 Å². The Morgan fingerprint density at radius 2 is 1.49 bits per heavy atom. The highest BCUT2D eigenvalue weighted by Crippen LogP contribution is 2.57. The molecule has 338 valence electrons. The highest BCUT2D eigenvalue weighted by atomic mass is 16.7. The predicted molar refractivity (Wildman–Crippen MR) is 209 cm³/mol. The topological polar surface area (TPSA) is 355 Å². The lowest BCUT2D eigenvalue weighted by molar-refractivity contribution is -0.344. The van der Waals surface area contributed by atoms with E-state index in [-0.39, 0.29) is 28.0 Å². The van der Waals surface area contributed by atoms with Gasteiger partial charge >= 0.3 is 12.0 Å². The third-order valence-corrected chi connectivity index (χ3v) is 11.8. The molecule has 2 aliphatic heterocycles. The zero-order chi connectivity index (χ0) is 46.3. The Balaban J connectivity index is 1.38. The number of carbonyl (C=O) groups excluding carboxylic acids is 4. The molecule has 0 spiro atoms. The van der Waals surface area contributed by atoms with Gasteiger partial charge in [0.1, 0.15) is 71.8 Å². The number of hydrogen-bond donors (Lipinski definition) is 11. The second-order valence-electron chi connectivity index (χ2n) is 15.7. The Morgan fingerprint density at radius 1 is 0.857 bits per heavy atom. The fraction of sp³-hybridized carbons (Fsp3) is 0.439. The van der Waals surface area contributed by atoms with Gasteiger partial charge in [-0.25, -0.2) is 4.79 Å². The number of ketones is 2. The molecule has 0 saturated carbocycles. The summed E-state index contributed by atoms with van der Waals surface area (Å²) < 4.78 is 28.9. The molecule has 12 atom stereocenters. The van der Waals surface area contributed by atoms with Crippen molar-refractivity contribution in [3.63, 3.8) is 0 Å². The molecule has 2 heterocycles. The average Bonchev–Trinajstić information content (AvgIpc) is 3.22. The molecule has 3 aromatic carbocycles. The number of fused-ring (bicyclic) bond motifs is 5. The standard InChI is InChI=1S/C41H45N3O19/c1-11-6-18-24(31(51)21(11)37(55)43-12(2)38(56)57)23-16(9-17-25(32(23)52)28(48)15-7-14(59-5)8-19(45)22(15)27(17)47)29(49)35(18)62-40-34(54)36(26(13(3)61-40)44(4)41(42)58)63-39-33(53)30(50)20(46)10-60-39/h6-9,12-13,20,26,29-30,33-36,39-40,45-46,49-54H,10H2,1-5H3,(H2,42,58)(H,43,55)(H,56,57)/t12-,13-,20-,26+,29+,30+,33-,34-,35+,36+,39+,40+/m1/s1. The summed E-state index contributed by atoms with van der Waals surface area (Å²) in [5, 5.41) is 102. The van der Waals surface area contributed by atoms with Crippen LogP contribution in [0, 0.1) is 6.92 Å². The zero-order valence-corrected chi connectivity index (χ0v) is 34.1. The fourth-order valence-electron chi connectivity index (χ4n) is 8.56. The van der Waals surface area contributed by atoms with Crippen LogP contribution < -0.4 is 15.8 Å². The first-order chi connectivity index (χ1) is 29.6. The number of aromatic hydroxyl groups is 3. The van der Waals surface area contributed by atoms with Crippen LogP contribution in [0.5, 0.6) is 23.0 Å². The SMILES string of the molecule is COc1cc(O)c2c(c1)C(=O)c1c(cc3c(c1O)-c1c(cc(C)c(C(=O)N[C@H](C)C(=O)O)c1O)[C@H](O[C@@H]1O[C@H](C)[C@H](N(C)C(N)=O)[C@H](O[C@@H]4OC[C@@H](O)[C@H](O)[C@H]4O)[C@H]1O)[C@H]3O)C2=O. The van der Waals surface area contributed by atoms with Gasteiger partial charge in [-0.2, -0.15) is 0 Å². The van der Waals surface area contributed by atoms with Crippen LogP contribution in [0.15, 0.2) is 24.3 Å². The van der Waals surface area contributed by atoms with Crippen molar-refractivity contribution in [1.29, 1.82) is 0 Å². The van der Waals surface area contributed by atoms with Gasteiger partial charge < -0.3 is 85.6 Å². The van der Waals surface area contributed by atoms with Gasteiger partial charge in [0.25, 0.3) is 5.91 Å². The highest BCUT2D eigenvalue weighted by Gasteiger charge is 2.53. The van der Waals surface area contributed by atoms with Gasteiger partial charge in [-0.15, -0.1) is 0 Å². The lowest BCUT2D eigenvalue weighted by atomic mass is 9.74. The highest BCUT2D eigenvalue weighted by molar-refractivity contribution is 6.31. The Labute approximate surface area is 356 Å². The Bertz CT molecular complexity index is 2420. The number of nitrogens with one attached hydrogen (secondary N) is 1. The summed E-state index contributed by atoms with van der Waals surface area (Å²) in [6.45, 7) is 3.46. The number of carboxylic acid groups (broad SMARTS) is 1. The first kappa shape index (κ1) is 45.1. The number of aliphatic hydroxyl groups excluding tert-OH is 5. The van der Waals surface area contributed by atoms with E-state index < -0.39 is 160 Å². The van der Waals surface area contributed by atoms with Crippen molar-refractivity contribution in [2.45, 2.75) is 94.3 Å². The number of nitrogens with zero attached hydrogens (tertiary/aromatic N) is 1. The van der Waals surface area contributed by atoms with Crippen molar-refractivity contribution < 1.29 is 93.6 Å². The Hall–Kier alpha value is -5.95. The molecule has 0 aromatic heterocycles. The molecule has 0 bridgehead atoms. The Kier molecular flexibility index (Phi) is 11.9.